The molecule has 0 saturated heterocycles. The fraction of sp³-hybridized carbons (Fsp3) is 0.0645. The first-order valence-electron chi connectivity index (χ1n) is 12.6. The summed E-state index contributed by atoms with van der Waals surface area (Å²) in [5.74, 6) is -4.04. The Morgan fingerprint density at radius 3 is 1.66 bits per heavy atom. The van der Waals surface area contributed by atoms with Crippen LogP contribution in [0.25, 0.3) is 0 Å². The molecule has 8 nitrogen and oxygen atoms in total. The summed E-state index contributed by atoms with van der Waals surface area (Å²) in [7, 11) is 0. The maximum absolute atomic E-state index is 13.7. The van der Waals surface area contributed by atoms with Crippen molar-refractivity contribution < 1.29 is 28.7 Å². The number of aryl methyl sites for hydroxylation is 1. The standard InChI is InChI=1S/C31H17Cl5N2O6/c1-15-2-4-18(5-3-15)31(43)44-20-12-8-16(9-13-20)21(39)14-37(28(40)17-6-10-19(32)11-7-17)38-29(41)22-23(30(38)42)25(34)27(36)26(35)24(22)33/h2-13H,14H2,1H3. The fourth-order valence-corrected chi connectivity index (χ4v) is 5.46. The van der Waals surface area contributed by atoms with Crippen LogP contribution in [0.2, 0.25) is 25.1 Å². The topological polar surface area (TPSA) is 101 Å². The Balaban J connectivity index is 1.45. The number of hydrogen-bond donors (Lipinski definition) is 0. The maximum atomic E-state index is 13.7. The van der Waals surface area contributed by atoms with Crippen molar-refractivity contribution in [3.05, 3.63) is 131 Å². The Morgan fingerprint density at radius 1 is 0.659 bits per heavy atom. The van der Waals surface area contributed by atoms with Gasteiger partial charge in [0.05, 0.1) is 36.8 Å². The van der Waals surface area contributed by atoms with Crippen molar-refractivity contribution >= 4 is 87.5 Å². The van der Waals surface area contributed by atoms with Crippen LogP contribution in [0.4, 0.5) is 0 Å². The first-order valence-corrected chi connectivity index (χ1v) is 14.5. The smallest absolute Gasteiger partial charge is 0.343 e. The maximum Gasteiger partial charge on any atom is 0.343 e. The van der Waals surface area contributed by atoms with Gasteiger partial charge in [-0.1, -0.05) is 75.7 Å². The van der Waals surface area contributed by atoms with E-state index in [0.717, 1.165) is 5.56 Å². The summed E-state index contributed by atoms with van der Waals surface area (Å²) in [6.07, 6.45) is 0. The molecule has 0 aromatic heterocycles. The normalized spacial score (nSPS) is 12.3. The lowest BCUT2D eigenvalue weighted by atomic mass is 10.1. The van der Waals surface area contributed by atoms with Gasteiger partial charge in [-0.25, -0.2) is 9.80 Å². The van der Waals surface area contributed by atoms with Crippen LogP contribution in [0.1, 0.15) is 57.4 Å². The quantitative estimate of drug-likeness (QED) is 0.0486. The molecule has 0 fully saturated rings. The third kappa shape index (κ3) is 5.92. The SMILES string of the molecule is Cc1ccc(C(=O)Oc2ccc(C(=O)CN(C(=O)c3ccc(Cl)cc3)N3C(=O)c4c(Cl)c(Cl)c(Cl)c(Cl)c4C3=O)cc2)cc1. The van der Waals surface area contributed by atoms with Gasteiger partial charge < -0.3 is 4.74 Å². The molecule has 0 unspecified atom stereocenters. The van der Waals surface area contributed by atoms with Crippen molar-refractivity contribution in [3.63, 3.8) is 0 Å². The van der Waals surface area contributed by atoms with Crippen molar-refractivity contribution in [2.45, 2.75) is 6.92 Å². The Kier molecular flexibility index (Phi) is 9.02. The minimum atomic E-state index is -1.04. The molecule has 13 heteroatoms. The molecular formula is C31H17Cl5N2O6. The molecule has 4 aromatic carbocycles. The van der Waals surface area contributed by atoms with Gasteiger partial charge in [-0.3, -0.25) is 19.2 Å². The minimum Gasteiger partial charge on any atom is -0.423 e. The molecule has 4 aromatic rings. The zero-order valence-electron chi connectivity index (χ0n) is 22.4. The number of amides is 3. The van der Waals surface area contributed by atoms with Gasteiger partial charge in [0.25, 0.3) is 17.7 Å². The average molecular weight is 691 g/mol. The third-order valence-corrected chi connectivity index (χ3v) is 8.67. The lowest BCUT2D eigenvalue weighted by molar-refractivity contribution is 0.00532. The molecule has 1 aliphatic heterocycles. The number of hydrazine groups is 1. The molecule has 0 spiro atoms. The molecule has 5 rings (SSSR count). The largest absolute Gasteiger partial charge is 0.423 e. The molecular weight excluding hydrogens is 674 g/mol. The zero-order valence-corrected chi connectivity index (χ0v) is 26.1. The summed E-state index contributed by atoms with van der Waals surface area (Å²) in [5.41, 5.74) is 0.705. The molecule has 0 N–H and O–H groups in total. The molecule has 44 heavy (non-hydrogen) atoms. The van der Waals surface area contributed by atoms with E-state index in [2.05, 4.69) is 0 Å². The van der Waals surface area contributed by atoms with Gasteiger partial charge in [-0.05, 0) is 67.6 Å². The molecule has 222 valence electrons. The van der Waals surface area contributed by atoms with E-state index < -0.39 is 36.0 Å². The second-order valence-corrected chi connectivity index (χ2v) is 11.4. The fourth-order valence-electron chi connectivity index (χ4n) is 4.32. The number of carbonyl (C=O) groups is 5. The number of halogens is 5. The number of ether oxygens (including phenoxy) is 1. The van der Waals surface area contributed by atoms with Gasteiger partial charge in [-0.2, -0.15) is 5.01 Å². The van der Waals surface area contributed by atoms with Crippen LogP contribution in [0, 0.1) is 6.92 Å². The summed E-state index contributed by atoms with van der Waals surface area (Å²) in [4.78, 5) is 66.7. The number of ketones is 1. The van der Waals surface area contributed by atoms with Gasteiger partial charge in [0, 0.05) is 16.1 Å². The number of carbonyl (C=O) groups excluding carboxylic acids is 5. The number of Topliss-reactive ketones (excluding diaryl/α,β-unsaturated/α-hetero) is 1. The highest BCUT2D eigenvalue weighted by atomic mass is 35.5. The monoisotopic (exact) mass is 688 g/mol. The molecule has 0 aliphatic carbocycles. The van der Waals surface area contributed by atoms with Crippen molar-refractivity contribution in [3.8, 4) is 5.75 Å². The van der Waals surface area contributed by atoms with E-state index in [1.165, 1.54) is 48.5 Å². The van der Waals surface area contributed by atoms with E-state index in [4.69, 9.17) is 62.7 Å². The Morgan fingerprint density at radius 2 is 1.14 bits per heavy atom. The van der Waals surface area contributed by atoms with E-state index >= 15 is 0 Å². The highest BCUT2D eigenvalue weighted by molar-refractivity contribution is 6.55. The summed E-state index contributed by atoms with van der Waals surface area (Å²) < 4.78 is 5.38. The molecule has 1 aliphatic rings. The van der Waals surface area contributed by atoms with Gasteiger partial charge in [0.1, 0.15) is 12.3 Å². The van der Waals surface area contributed by atoms with Crippen LogP contribution >= 0.6 is 58.0 Å². The molecule has 0 radical (unpaired) electrons. The Labute approximate surface area is 275 Å². The van der Waals surface area contributed by atoms with Crippen LogP contribution in [0.15, 0.2) is 72.8 Å². The van der Waals surface area contributed by atoms with Crippen LogP contribution < -0.4 is 4.74 Å². The van der Waals surface area contributed by atoms with Gasteiger partial charge >= 0.3 is 5.97 Å². The molecule has 0 atom stereocenters. The lowest BCUT2D eigenvalue weighted by Gasteiger charge is -2.29. The van der Waals surface area contributed by atoms with Crippen molar-refractivity contribution in [2.24, 2.45) is 0 Å². The summed E-state index contributed by atoms with van der Waals surface area (Å²) in [6, 6.07) is 17.9. The van der Waals surface area contributed by atoms with E-state index in [-0.39, 0.29) is 48.1 Å². The van der Waals surface area contributed by atoms with E-state index in [9.17, 15) is 24.0 Å². The number of imide groups is 1. The lowest BCUT2D eigenvalue weighted by Crippen LogP contribution is -2.51. The highest BCUT2D eigenvalue weighted by Gasteiger charge is 2.46. The van der Waals surface area contributed by atoms with E-state index in [1.54, 1.807) is 24.3 Å². The molecule has 3 amide bonds. The van der Waals surface area contributed by atoms with Crippen LogP contribution in [-0.2, 0) is 0 Å². The van der Waals surface area contributed by atoms with Crippen LogP contribution in [0.3, 0.4) is 0 Å². The summed E-state index contributed by atoms with van der Waals surface area (Å²) in [6.45, 7) is 1.13. The number of fused-ring (bicyclic) bond motifs is 1. The average Bonchev–Trinajstić information content (AvgIpc) is 3.27. The first-order chi connectivity index (χ1) is 20.9. The molecule has 0 saturated carbocycles. The summed E-state index contributed by atoms with van der Waals surface area (Å²) >= 11 is 30.7. The third-order valence-electron chi connectivity index (χ3n) is 6.61. The van der Waals surface area contributed by atoms with Crippen LogP contribution in [-0.4, -0.2) is 46.0 Å². The molecule has 0 bridgehead atoms. The van der Waals surface area contributed by atoms with E-state index in [0.29, 0.717) is 20.6 Å². The second kappa shape index (κ2) is 12.6. The van der Waals surface area contributed by atoms with Crippen LogP contribution in [0.5, 0.6) is 5.75 Å². The van der Waals surface area contributed by atoms with Gasteiger partial charge in [-0.15, -0.1) is 0 Å². The predicted octanol–water partition coefficient (Wildman–Crippen LogP) is 8.02. The highest BCUT2D eigenvalue weighted by Crippen LogP contribution is 2.45. The predicted molar refractivity (Wildman–Crippen MR) is 166 cm³/mol. The van der Waals surface area contributed by atoms with Gasteiger partial charge in [0.2, 0.25) is 0 Å². The number of nitrogens with zero attached hydrogens (tertiary/aromatic N) is 2. The van der Waals surface area contributed by atoms with Crippen molar-refractivity contribution in [1.82, 2.24) is 10.0 Å². The second-order valence-electron chi connectivity index (χ2n) is 9.50. The number of esters is 1. The molecule has 1 heterocycles. The Hall–Kier alpha value is -3.92. The minimum absolute atomic E-state index is 0.0189. The zero-order chi connectivity index (χ0) is 31.9. The van der Waals surface area contributed by atoms with Crippen molar-refractivity contribution in [1.29, 1.82) is 0 Å². The number of rotatable bonds is 7. The van der Waals surface area contributed by atoms with E-state index in [1.807, 2.05) is 6.92 Å². The van der Waals surface area contributed by atoms with Gasteiger partial charge in [0.15, 0.2) is 5.78 Å². The van der Waals surface area contributed by atoms with Crippen molar-refractivity contribution in [2.75, 3.05) is 6.54 Å². The summed E-state index contributed by atoms with van der Waals surface area (Å²) in [5, 5.41) is 0.300. The number of hydrogen-bond acceptors (Lipinski definition) is 6. The Bertz CT molecular complexity index is 1810. The number of benzene rings is 4. The first kappa shape index (κ1) is 31.5.